The van der Waals surface area contributed by atoms with Crippen LogP contribution in [0.2, 0.25) is 0 Å². The van der Waals surface area contributed by atoms with Gasteiger partial charge in [0.2, 0.25) is 0 Å². The van der Waals surface area contributed by atoms with E-state index in [1.54, 1.807) is 19.1 Å². The molecule has 0 aliphatic carbocycles. The molecule has 0 N–H and O–H groups in total. The van der Waals surface area contributed by atoms with Crippen molar-refractivity contribution in [2.45, 2.75) is 19.8 Å². The minimum absolute atomic E-state index is 0.0151. The van der Waals surface area contributed by atoms with Gasteiger partial charge in [0.1, 0.15) is 5.78 Å². The second kappa shape index (κ2) is 9.91. The largest absolute Gasteiger partial charge is 0.300 e. The molecule has 0 spiro atoms. The molecule has 0 radical (unpaired) electrons. The number of carbonyl (C=O) groups is 1. The number of rotatable bonds is 8. The van der Waals surface area contributed by atoms with Gasteiger partial charge in [0, 0.05) is 16.5 Å². The molecule has 126 valence electrons. The Morgan fingerprint density at radius 2 is 1.56 bits per heavy atom. The summed E-state index contributed by atoms with van der Waals surface area (Å²) in [5, 5.41) is 3.54. The summed E-state index contributed by atoms with van der Waals surface area (Å²) in [6.07, 6.45) is 9.54. The molecule has 2 rings (SSSR count). The molecule has 1 unspecified atom stereocenters. The summed E-state index contributed by atoms with van der Waals surface area (Å²) >= 11 is 0. The molecular weight excluding hydrogens is 310 g/mol. The Balaban J connectivity index is 1.91. The van der Waals surface area contributed by atoms with E-state index in [4.69, 9.17) is 5.53 Å². The first-order valence-electron chi connectivity index (χ1n) is 8.23. The predicted molar refractivity (Wildman–Crippen MR) is 103 cm³/mol. The standard InChI is InChI=1S/C21H21N3O/c1-17(25)20(11-5-9-18-7-3-2-4-8-18)12-6-10-19-13-15-21(16-14-19)23-24-22/h2-10,13-16,20H,11-12H2,1H3. The molecule has 2 aromatic rings. The van der Waals surface area contributed by atoms with Gasteiger partial charge in [0.15, 0.2) is 0 Å². The van der Waals surface area contributed by atoms with Crippen molar-refractivity contribution in [3.63, 3.8) is 0 Å². The molecule has 4 heteroatoms. The number of hydrogen-bond acceptors (Lipinski definition) is 2. The lowest BCUT2D eigenvalue weighted by Crippen LogP contribution is -2.08. The zero-order chi connectivity index (χ0) is 17.9. The maximum atomic E-state index is 11.8. The monoisotopic (exact) mass is 331 g/mol. The van der Waals surface area contributed by atoms with E-state index >= 15 is 0 Å². The van der Waals surface area contributed by atoms with E-state index < -0.39 is 0 Å². The molecule has 0 heterocycles. The van der Waals surface area contributed by atoms with E-state index in [-0.39, 0.29) is 11.7 Å². The second-order valence-electron chi connectivity index (χ2n) is 5.78. The van der Waals surface area contributed by atoms with Crippen molar-refractivity contribution in [3.05, 3.63) is 88.3 Å². The van der Waals surface area contributed by atoms with Crippen LogP contribution in [0.25, 0.3) is 22.6 Å². The van der Waals surface area contributed by atoms with E-state index in [1.165, 1.54) is 0 Å². The first-order valence-corrected chi connectivity index (χ1v) is 8.23. The predicted octanol–water partition coefficient (Wildman–Crippen LogP) is 6.34. The Morgan fingerprint density at radius 1 is 1.00 bits per heavy atom. The van der Waals surface area contributed by atoms with Crippen LogP contribution in [0.15, 0.2) is 71.9 Å². The minimum Gasteiger partial charge on any atom is -0.300 e. The van der Waals surface area contributed by atoms with Crippen molar-refractivity contribution in [3.8, 4) is 0 Å². The lowest BCUT2D eigenvalue weighted by atomic mass is 9.96. The molecule has 0 fully saturated rings. The molecule has 0 aliphatic rings. The highest BCUT2D eigenvalue weighted by Gasteiger charge is 2.10. The summed E-state index contributed by atoms with van der Waals surface area (Å²) in [7, 11) is 0. The molecule has 1 atom stereocenters. The van der Waals surface area contributed by atoms with Crippen LogP contribution in [0.4, 0.5) is 5.69 Å². The van der Waals surface area contributed by atoms with Crippen LogP contribution in [0.3, 0.4) is 0 Å². The summed E-state index contributed by atoms with van der Waals surface area (Å²) in [5.41, 5.74) is 11.1. The normalized spacial score (nSPS) is 12.2. The lowest BCUT2D eigenvalue weighted by Gasteiger charge is -2.08. The SMILES string of the molecule is CC(=O)C(CC=Cc1ccccc1)CC=Cc1ccc(N=[N+]=[N-])cc1. The highest BCUT2D eigenvalue weighted by atomic mass is 16.1. The molecule has 0 aliphatic heterocycles. The molecule has 4 nitrogen and oxygen atoms in total. The average Bonchev–Trinajstić information content (AvgIpc) is 2.63. The Bertz CT molecular complexity index is 786. The third-order valence-electron chi connectivity index (χ3n) is 3.89. The summed E-state index contributed by atoms with van der Waals surface area (Å²) in [6, 6.07) is 17.4. The topological polar surface area (TPSA) is 65.8 Å². The minimum atomic E-state index is -0.0151. The van der Waals surface area contributed by atoms with Crippen LogP contribution in [0.5, 0.6) is 0 Å². The first-order chi connectivity index (χ1) is 12.2. The van der Waals surface area contributed by atoms with Crippen LogP contribution in [0, 0.1) is 5.92 Å². The molecule has 0 aromatic heterocycles. The van der Waals surface area contributed by atoms with E-state index in [0.717, 1.165) is 17.5 Å². The highest BCUT2D eigenvalue weighted by Crippen LogP contribution is 2.17. The Kier molecular flexibility index (Phi) is 7.23. The number of allylic oxidation sites excluding steroid dienone is 2. The summed E-state index contributed by atoms with van der Waals surface area (Å²) < 4.78 is 0. The quantitative estimate of drug-likeness (QED) is 0.316. The Labute approximate surface area is 148 Å². The number of ketones is 1. The molecule has 0 amide bonds. The second-order valence-corrected chi connectivity index (χ2v) is 5.78. The molecule has 0 saturated heterocycles. The number of hydrogen-bond donors (Lipinski definition) is 0. The third kappa shape index (κ3) is 6.50. The zero-order valence-electron chi connectivity index (χ0n) is 14.2. The van der Waals surface area contributed by atoms with Gasteiger partial charge in [-0.1, -0.05) is 84.0 Å². The van der Waals surface area contributed by atoms with Gasteiger partial charge in [0.05, 0.1) is 0 Å². The van der Waals surface area contributed by atoms with Crippen LogP contribution < -0.4 is 0 Å². The van der Waals surface area contributed by atoms with Crippen molar-refractivity contribution < 1.29 is 4.79 Å². The van der Waals surface area contributed by atoms with Crippen molar-refractivity contribution in [1.29, 1.82) is 0 Å². The van der Waals surface area contributed by atoms with Gasteiger partial charge in [-0.05, 0) is 36.4 Å². The lowest BCUT2D eigenvalue weighted by molar-refractivity contribution is -0.120. The number of benzene rings is 2. The molecule has 0 saturated carbocycles. The van der Waals surface area contributed by atoms with Crippen molar-refractivity contribution in [2.24, 2.45) is 11.0 Å². The molecular formula is C21H21N3O. The van der Waals surface area contributed by atoms with Crippen LogP contribution >= 0.6 is 0 Å². The smallest absolute Gasteiger partial charge is 0.133 e. The van der Waals surface area contributed by atoms with E-state index in [1.807, 2.05) is 60.7 Å². The van der Waals surface area contributed by atoms with Gasteiger partial charge in [-0.25, -0.2) is 0 Å². The maximum absolute atomic E-state index is 11.8. The fourth-order valence-electron chi connectivity index (χ4n) is 2.43. The summed E-state index contributed by atoms with van der Waals surface area (Å²) in [4.78, 5) is 14.6. The van der Waals surface area contributed by atoms with Gasteiger partial charge in [-0.15, -0.1) is 0 Å². The van der Waals surface area contributed by atoms with Gasteiger partial charge in [0.25, 0.3) is 0 Å². The van der Waals surface area contributed by atoms with Crippen LogP contribution in [0.1, 0.15) is 30.9 Å². The summed E-state index contributed by atoms with van der Waals surface area (Å²) in [6.45, 7) is 1.64. The number of azide groups is 1. The fraction of sp³-hybridized carbons (Fsp3) is 0.190. The Morgan fingerprint density at radius 3 is 2.08 bits per heavy atom. The average molecular weight is 331 g/mol. The number of Topliss-reactive ketones (excluding diaryl/α,β-unsaturated/α-hetero) is 1. The van der Waals surface area contributed by atoms with Gasteiger partial charge in [-0.2, -0.15) is 0 Å². The molecule has 25 heavy (non-hydrogen) atoms. The van der Waals surface area contributed by atoms with Crippen molar-refractivity contribution in [1.82, 2.24) is 0 Å². The fourth-order valence-corrected chi connectivity index (χ4v) is 2.43. The van der Waals surface area contributed by atoms with Crippen molar-refractivity contribution >= 4 is 23.6 Å². The zero-order valence-corrected chi connectivity index (χ0v) is 14.2. The summed E-state index contributed by atoms with van der Waals surface area (Å²) in [5.74, 6) is 0.180. The van der Waals surface area contributed by atoms with Crippen LogP contribution in [-0.4, -0.2) is 5.78 Å². The molecule has 0 bridgehead atoms. The number of nitrogens with zero attached hydrogens (tertiary/aromatic N) is 3. The molecule has 2 aromatic carbocycles. The first kappa shape index (κ1) is 18.2. The van der Waals surface area contributed by atoms with Gasteiger partial charge < -0.3 is 0 Å². The van der Waals surface area contributed by atoms with Gasteiger partial charge in [-0.3, -0.25) is 4.79 Å². The highest BCUT2D eigenvalue weighted by molar-refractivity contribution is 5.79. The third-order valence-corrected chi connectivity index (χ3v) is 3.89. The van der Waals surface area contributed by atoms with Gasteiger partial charge >= 0.3 is 0 Å². The van der Waals surface area contributed by atoms with Crippen LogP contribution in [-0.2, 0) is 4.79 Å². The number of carbonyl (C=O) groups excluding carboxylic acids is 1. The Hall–Kier alpha value is -3.10. The van der Waals surface area contributed by atoms with E-state index in [9.17, 15) is 4.79 Å². The van der Waals surface area contributed by atoms with E-state index in [0.29, 0.717) is 12.1 Å². The maximum Gasteiger partial charge on any atom is 0.133 e. The van der Waals surface area contributed by atoms with E-state index in [2.05, 4.69) is 16.1 Å². The van der Waals surface area contributed by atoms with Crippen molar-refractivity contribution in [2.75, 3.05) is 0 Å².